The highest BCUT2D eigenvalue weighted by molar-refractivity contribution is 5.86. The van der Waals surface area contributed by atoms with Crippen LogP contribution in [0.4, 0.5) is 0 Å². The molecule has 2 N–H and O–H groups in total. The SMILES string of the molecule is CC(=O)N[C@H](C)C(=O)N[C@@H](C#N)c1ccccc1C. The molecule has 0 radical (unpaired) electrons. The maximum atomic E-state index is 11.9. The van der Waals surface area contributed by atoms with Gasteiger partial charge in [-0.1, -0.05) is 24.3 Å². The number of amides is 2. The lowest BCUT2D eigenvalue weighted by Crippen LogP contribution is -2.45. The molecule has 0 fully saturated rings. The molecule has 0 bridgehead atoms. The zero-order valence-corrected chi connectivity index (χ0v) is 11.2. The molecule has 0 aliphatic carbocycles. The predicted octanol–water partition coefficient (Wildman–Crippen LogP) is 1.20. The van der Waals surface area contributed by atoms with Crippen LogP contribution in [0.1, 0.15) is 31.0 Å². The number of hydrogen-bond donors (Lipinski definition) is 2. The van der Waals surface area contributed by atoms with Gasteiger partial charge in [0.15, 0.2) is 0 Å². The van der Waals surface area contributed by atoms with Gasteiger partial charge in [-0.05, 0) is 25.0 Å². The van der Waals surface area contributed by atoms with E-state index in [4.69, 9.17) is 5.26 Å². The number of carbonyl (C=O) groups is 2. The fourth-order valence-corrected chi connectivity index (χ4v) is 1.73. The fraction of sp³-hybridized carbons (Fsp3) is 0.357. The van der Waals surface area contributed by atoms with Crippen LogP contribution in [0, 0.1) is 18.3 Å². The third-order valence-corrected chi connectivity index (χ3v) is 2.73. The number of aryl methyl sites for hydroxylation is 1. The van der Waals surface area contributed by atoms with Gasteiger partial charge in [0.2, 0.25) is 11.8 Å². The summed E-state index contributed by atoms with van der Waals surface area (Å²) in [4.78, 5) is 22.7. The summed E-state index contributed by atoms with van der Waals surface area (Å²) in [5, 5.41) is 14.3. The Morgan fingerprint density at radius 1 is 1.26 bits per heavy atom. The van der Waals surface area contributed by atoms with Crippen LogP contribution in [0.15, 0.2) is 24.3 Å². The molecule has 5 heteroatoms. The monoisotopic (exact) mass is 259 g/mol. The van der Waals surface area contributed by atoms with Crippen molar-refractivity contribution in [3.63, 3.8) is 0 Å². The van der Waals surface area contributed by atoms with Gasteiger partial charge in [-0.15, -0.1) is 0 Å². The number of hydrogen-bond acceptors (Lipinski definition) is 3. The Balaban J connectivity index is 2.79. The van der Waals surface area contributed by atoms with Gasteiger partial charge in [0.1, 0.15) is 12.1 Å². The molecular formula is C14H17N3O2. The highest BCUT2D eigenvalue weighted by Crippen LogP contribution is 2.16. The Morgan fingerprint density at radius 3 is 2.42 bits per heavy atom. The van der Waals surface area contributed by atoms with E-state index in [0.717, 1.165) is 11.1 Å². The standard InChI is InChI=1S/C14H17N3O2/c1-9-6-4-5-7-12(9)13(8-15)17-14(19)10(2)16-11(3)18/h4-7,10,13H,1-3H3,(H,16,18)(H,17,19)/t10-,13+/m1/s1. The second-order valence-corrected chi connectivity index (χ2v) is 4.35. The van der Waals surface area contributed by atoms with E-state index >= 15 is 0 Å². The number of rotatable bonds is 4. The largest absolute Gasteiger partial charge is 0.345 e. The summed E-state index contributed by atoms with van der Waals surface area (Å²) in [5.74, 6) is -0.669. The lowest BCUT2D eigenvalue weighted by molar-refractivity contribution is -0.127. The van der Waals surface area contributed by atoms with Gasteiger partial charge in [-0.3, -0.25) is 9.59 Å². The topological polar surface area (TPSA) is 82.0 Å². The highest BCUT2D eigenvalue weighted by Gasteiger charge is 2.20. The minimum Gasteiger partial charge on any atom is -0.345 e. The average molecular weight is 259 g/mol. The van der Waals surface area contributed by atoms with Crippen molar-refractivity contribution in [2.75, 3.05) is 0 Å². The van der Waals surface area contributed by atoms with E-state index in [9.17, 15) is 9.59 Å². The van der Waals surface area contributed by atoms with Gasteiger partial charge in [-0.2, -0.15) is 5.26 Å². The minimum atomic E-state index is -0.718. The van der Waals surface area contributed by atoms with Crippen LogP contribution in [0.3, 0.4) is 0 Å². The van der Waals surface area contributed by atoms with E-state index < -0.39 is 12.1 Å². The average Bonchev–Trinajstić information content (AvgIpc) is 2.35. The molecule has 19 heavy (non-hydrogen) atoms. The van der Waals surface area contributed by atoms with E-state index in [1.54, 1.807) is 13.0 Å². The Kier molecular flexibility index (Phi) is 5.07. The zero-order valence-electron chi connectivity index (χ0n) is 11.2. The summed E-state index contributed by atoms with van der Waals surface area (Å²) in [5.41, 5.74) is 1.69. The van der Waals surface area contributed by atoms with Crippen molar-refractivity contribution in [3.8, 4) is 6.07 Å². The van der Waals surface area contributed by atoms with E-state index in [1.807, 2.05) is 25.1 Å². The lowest BCUT2D eigenvalue weighted by atomic mass is 10.0. The second kappa shape index (κ2) is 6.55. The highest BCUT2D eigenvalue weighted by atomic mass is 16.2. The van der Waals surface area contributed by atoms with Crippen molar-refractivity contribution < 1.29 is 9.59 Å². The van der Waals surface area contributed by atoms with Crippen molar-refractivity contribution in [2.45, 2.75) is 32.9 Å². The molecule has 0 saturated carbocycles. The van der Waals surface area contributed by atoms with Gasteiger partial charge in [0.25, 0.3) is 0 Å². The maximum Gasteiger partial charge on any atom is 0.243 e. The molecule has 0 unspecified atom stereocenters. The summed E-state index contributed by atoms with van der Waals surface area (Å²) >= 11 is 0. The van der Waals surface area contributed by atoms with Crippen LogP contribution >= 0.6 is 0 Å². The van der Waals surface area contributed by atoms with Crippen molar-refractivity contribution in [1.29, 1.82) is 5.26 Å². The zero-order chi connectivity index (χ0) is 14.4. The first kappa shape index (κ1) is 14.7. The van der Waals surface area contributed by atoms with Crippen molar-refractivity contribution in [1.82, 2.24) is 10.6 Å². The van der Waals surface area contributed by atoms with E-state index in [0.29, 0.717) is 0 Å². The summed E-state index contributed by atoms with van der Waals surface area (Å²) in [6, 6.07) is 8.03. The summed E-state index contributed by atoms with van der Waals surface area (Å²) in [7, 11) is 0. The second-order valence-electron chi connectivity index (χ2n) is 4.35. The molecule has 0 aliphatic rings. The van der Waals surface area contributed by atoms with Gasteiger partial charge < -0.3 is 10.6 Å². The quantitative estimate of drug-likeness (QED) is 0.852. The van der Waals surface area contributed by atoms with Crippen LogP contribution in [0.25, 0.3) is 0 Å². The molecule has 1 aromatic carbocycles. The first-order valence-electron chi connectivity index (χ1n) is 5.98. The molecule has 5 nitrogen and oxygen atoms in total. The lowest BCUT2D eigenvalue weighted by Gasteiger charge is -2.17. The predicted molar refractivity (Wildman–Crippen MR) is 71.0 cm³/mol. The minimum absolute atomic E-state index is 0.285. The third-order valence-electron chi connectivity index (χ3n) is 2.73. The van der Waals surface area contributed by atoms with Crippen LogP contribution in [-0.2, 0) is 9.59 Å². The Hall–Kier alpha value is -2.35. The van der Waals surface area contributed by atoms with Crippen LogP contribution in [0.5, 0.6) is 0 Å². The van der Waals surface area contributed by atoms with Gasteiger partial charge in [-0.25, -0.2) is 0 Å². The Morgan fingerprint density at radius 2 is 1.89 bits per heavy atom. The van der Waals surface area contributed by atoms with Crippen molar-refractivity contribution in [2.24, 2.45) is 0 Å². The van der Waals surface area contributed by atoms with Crippen LogP contribution in [0.2, 0.25) is 0 Å². The van der Waals surface area contributed by atoms with Crippen molar-refractivity contribution in [3.05, 3.63) is 35.4 Å². The molecular weight excluding hydrogens is 242 g/mol. The smallest absolute Gasteiger partial charge is 0.243 e. The van der Waals surface area contributed by atoms with Gasteiger partial charge >= 0.3 is 0 Å². The van der Waals surface area contributed by atoms with E-state index in [1.165, 1.54) is 6.92 Å². The molecule has 2 amide bonds. The molecule has 1 aromatic rings. The van der Waals surface area contributed by atoms with Gasteiger partial charge in [0, 0.05) is 6.92 Å². The maximum absolute atomic E-state index is 11.9. The number of nitrogens with zero attached hydrogens (tertiary/aromatic N) is 1. The van der Waals surface area contributed by atoms with Crippen LogP contribution in [-0.4, -0.2) is 17.9 Å². The third kappa shape index (κ3) is 4.11. The first-order chi connectivity index (χ1) is 8.95. The number of carbonyl (C=O) groups excluding carboxylic acids is 2. The van der Waals surface area contributed by atoms with Crippen molar-refractivity contribution >= 4 is 11.8 Å². The molecule has 1 rings (SSSR count). The molecule has 0 saturated heterocycles. The Labute approximate surface area is 112 Å². The summed E-state index contributed by atoms with van der Waals surface area (Å²) in [6.45, 7) is 4.79. The van der Waals surface area contributed by atoms with E-state index in [-0.39, 0.29) is 11.8 Å². The normalized spacial score (nSPS) is 12.9. The van der Waals surface area contributed by atoms with Crippen LogP contribution < -0.4 is 10.6 Å². The fourth-order valence-electron chi connectivity index (χ4n) is 1.73. The number of nitriles is 1. The molecule has 0 spiro atoms. The number of benzene rings is 1. The molecule has 0 aliphatic heterocycles. The summed E-state index contributed by atoms with van der Waals surface area (Å²) < 4.78 is 0. The molecule has 2 atom stereocenters. The van der Waals surface area contributed by atoms with Gasteiger partial charge in [0.05, 0.1) is 6.07 Å². The van der Waals surface area contributed by atoms with E-state index in [2.05, 4.69) is 16.7 Å². The molecule has 100 valence electrons. The first-order valence-corrected chi connectivity index (χ1v) is 5.98. The number of nitrogens with one attached hydrogen (secondary N) is 2. The molecule has 0 heterocycles. The summed E-state index contributed by atoms with van der Waals surface area (Å²) in [6.07, 6.45) is 0. The molecule has 0 aromatic heterocycles. The Bertz CT molecular complexity index is 520.